The highest BCUT2D eigenvalue weighted by atomic mass is 79.9. The number of hydrogen-bond donors (Lipinski definition) is 1. The Bertz CT molecular complexity index is 1640. The molecule has 6 rings (SSSR count). The Morgan fingerprint density at radius 3 is 1.82 bits per heavy atom. The van der Waals surface area contributed by atoms with Crippen molar-refractivity contribution in [3.8, 4) is 11.5 Å². The fraction of sp³-hybridized carbons (Fsp3) is 0.541. The van der Waals surface area contributed by atoms with Crippen molar-refractivity contribution < 1.29 is 23.3 Å². The van der Waals surface area contributed by atoms with Crippen LogP contribution < -0.4 is 15.2 Å². The highest BCUT2D eigenvalue weighted by Gasteiger charge is 2.28. The summed E-state index contributed by atoms with van der Waals surface area (Å²) in [7, 11) is 0. The van der Waals surface area contributed by atoms with Crippen LogP contribution in [-0.2, 0) is 10.8 Å². The van der Waals surface area contributed by atoms with Crippen LogP contribution in [0.1, 0.15) is 140 Å². The van der Waals surface area contributed by atoms with E-state index in [9.17, 15) is 4.79 Å². The lowest BCUT2D eigenvalue weighted by Crippen LogP contribution is -2.13. The minimum atomic E-state index is -0.263. The molecule has 0 saturated heterocycles. The van der Waals surface area contributed by atoms with E-state index >= 15 is 0 Å². The highest BCUT2D eigenvalue weighted by Crippen LogP contribution is 2.38. The number of benzene rings is 2. The summed E-state index contributed by atoms with van der Waals surface area (Å²) < 4.78 is 23.6. The van der Waals surface area contributed by atoms with E-state index < -0.39 is 0 Å². The van der Waals surface area contributed by atoms with E-state index in [1.165, 1.54) is 0 Å². The molecule has 2 aromatic heterocycles. The van der Waals surface area contributed by atoms with Crippen molar-refractivity contribution >= 4 is 37.6 Å². The average molecular weight is 808 g/mol. The molecule has 0 fully saturated rings. The average Bonchev–Trinajstić information content (AvgIpc) is 3.59. The normalized spacial score (nSPS) is 16.9. The van der Waals surface area contributed by atoms with Crippen LogP contribution in [0.3, 0.4) is 0 Å². The van der Waals surface area contributed by atoms with Crippen molar-refractivity contribution in [1.82, 2.24) is 20.3 Å². The number of carbonyl (C=O) groups excluding carboxylic acids is 1. The molecule has 0 bridgehead atoms. The molecule has 0 saturated carbocycles. The first-order chi connectivity index (χ1) is 22.1. The van der Waals surface area contributed by atoms with Gasteiger partial charge in [0, 0.05) is 37.8 Å². The zero-order valence-corrected chi connectivity index (χ0v) is 31.4. The second kappa shape index (κ2) is 18.2. The van der Waals surface area contributed by atoms with Crippen molar-refractivity contribution in [2.75, 3.05) is 13.2 Å². The number of ketones is 1. The van der Waals surface area contributed by atoms with Crippen LogP contribution in [0.2, 0.25) is 0 Å². The Hall–Kier alpha value is -3.09. The zero-order chi connectivity index (χ0) is 34.4. The molecule has 0 amide bonds. The molecule has 2 N–H and O–H groups in total. The Kier molecular flexibility index (Phi) is 15.7. The number of nitrogens with zero attached hydrogens (tertiary/aromatic N) is 4. The summed E-state index contributed by atoms with van der Waals surface area (Å²) in [5, 5.41) is 7.56. The molecule has 0 radical (unpaired) electrons. The molecule has 0 spiro atoms. The third kappa shape index (κ3) is 12.0. The first-order valence-electron chi connectivity index (χ1n) is 15.9. The maximum atomic E-state index is 12.6. The molecule has 2 atom stereocenters. The first-order valence-corrected chi connectivity index (χ1v) is 17.5. The standard InChI is InChI=1S/C18H21BrN2O3.C10H12BrNO.C7H12N2O.2CH4/c1-18(2,3)17-20-16(21-24-17)14(22)9-11-5-4-8-23-15-10-12(19)6-7-13(11)15;11-7-3-4-8-9(12)2-1-5-13-10(8)6-7;1-5-8-6(10-9-5)7(2,3)4;;/h6-7,10-11H,4-5,8-9H2,1-3H3;3-4,6,9H,1-2,5,12H2;1-4H3;2*1H4. The van der Waals surface area contributed by atoms with Crippen molar-refractivity contribution in [2.45, 2.75) is 118 Å². The van der Waals surface area contributed by atoms with Crippen molar-refractivity contribution in [1.29, 1.82) is 0 Å². The summed E-state index contributed by atoms with van der Waals surface area (Å²) in [6.45, 7) is 15.3. The smallest absolute Gasteiger partial charge is 0.238 e. The van der Waals surface area contributed by atoms with Crippen LogP contribution in [0.25, 0.3) is 0 Å². The number of nitrogens with two attached hydrogens (primary N) is 1. The van der Waals surface area contributed by atoms with Gasteiger partial charge in [0.2, 0.25) is 23.4 Å². The number of ether oxygens (including phenoxy) is 2. The van der Waals surface area contributed by atoms with Gasteiger partial charge in [-0.1, -0.05) is 111 Å². The lowest BCUT2D eigenvalue weighted by Gasteiger charge is -2.15. The topological polar surface area (TPSA) is 139 Å². The molecule has 2 aromatic carbocycles. The molecule has 2 unspecified atom stereocenters. The third-order valence-corrected chi connectivity index (χ3v) is 8.57. The third-order valence-electron chi connectivity index (χ3n) is 7.58. The number of aryl methyl sites for hydroxylation is 1. The Labute approximate surface area is 308 Å². The van der Waals surface area contributed by atoms with Crippen molar-refractivity contribution in [2.24, 2.45) is 5.73 Å². The van der Waals surface area contributed by atoms with Gasteiger partial charge in [-0.2, -0.15) is 9.97 Å². The number of carbonyl (C=O) groups is 1. The molecular weight excluding hydrogens is 754 g/mol. The molecule has 270 valence electrons. The van der Waals surface area contributed by atoms with E-state index in [0.717, 1.165) is 63.9 Å². The summed E-state index contributed by atoms with van der Waals surface area (Å²) in [4.78, 5) is 21.0. The Morgan fingerprint density at radius 1 is 0.796 bits per heavy atom. The van der Waals surface area contributed by atoms with E-state index in [1.807, 2.05) is 84.9 Å². The van der Waals surface area contributed by atoms with Gasteiger partial charge in [0.25, 0.3) is 0 Å². The SMILES string of the molecule is C.C.CC(C)(C)c1nc(C(=O)CC2CCCOc3cc(Br)ccc32)no1.Cc1noc(C(C)(C)C)n1.NC1CCCOc2cc(Br)ccc21. The number of hydrogen-bond acceptors (Lipinski definition) is 10. The number of fused-ring (bicyclic) bond motifs is 2. The van der Waals surface area contributed by atoms with Gasteiger partial charge in [-0.25, -0.2) is 0 Å². The predicted molar refractivity (Wildman–Crippen MR) is 201 cm³/mol. The summed E-state index contributed by atoms with van der Waals surface area (Å²) in [5.41, 5.74) is 7.91. The van der Waals surface area contributed by atoms with E-state index in [-0.39, 0.29) is 49.3 Å². The maximum absolute atomic E-state index is 12.6. The monoisotopic (exact) mass is 805 g/mol. The van der Waals surface area contributed by atoms with Crippen LogP contribution in [-0.4, -0.2) is 39.3 Å². The summed E-state index contributed by atoms with van der Waals surface area (Å²) >= 11 is 6.88. The van der Waals surface area contributed by atoms with Gasteiger partial charge in [0.1, 0.15) is 11.5 Å². The predicted octanol–water partition coefficient (Wildman–Crippen LogP) is 10.2. The van der Waals surface area contributed by atoms with Gasteiger partial charge < -0.3 is 24.3 Å². The van der Waals surface area contributed by atoms with Gasteiger partial charge in [-0.05, 0) is 68.4 Å². The highest BCUT2D eigenvalue weighted by molar-refractivity contribution is 9.10. The van der Waals surface area contributed by atoms with Gasteiger partial charge >= 0.3 is 0 Å². The molecule has 2 aliphatic rings. The van der Waals surface area contributed by atoms with Crippen LogP contribution >= 0.6 is 31.9 Å². The van der Waals surface area contributed by atoms with Crippen molar-refractivity contribution in [3.63, 3.8) is 0 Å². The van der Waals surface area contributed by atoms with Gasteiger partial charge in [-0.3, -0.25) is 4.79 Å². The molecule has 12 heteroatoms. The lowest BCUT2D eigenvalue weighted by molar-refractivity contribution is 0.0959. The van der Waals surface area contributed by atoms with E-state index in [2.05, 4.69) is 52.1 Å². The zero-order valence-electron chi connectivity index (χ0n) is 28.2. The molecule has 2 aliphatic heterocycles. The summed E-state index contributed by atoms with van der Waals surface area (Å²) in [6, 6.07) is 12.1. The number of rotatable bonds is 3. The van der Waals surface area contributed by atoms with Crippen molar-refractivity contribution in [3.05, 3.63) is 79.9 Å². The molecular formula is C37H53Br2N5O5. The minimum Gasteiger partial charge on any atom is -0.493 e. The molecule has 49 heavy (non-hydrogen) atoms. The fourth-order valence-corrected chi connectivity index (χ4v) is 5.67. The molecule has 4 aromatic rings. The Morgan fingerprint density at radius 2 is 1.31 bits per heavy atom. The first kappa shape index (κ1) is 42.1. The molecule has 0 aliphatic carbocycles. The minimum absolute atomic E-state index is 0. The Balaban J connectivity index is 0.000000281. The second-order valence-electron chi connectivity index (χ2n) is 13.8. The van der Waals surface area contributed by atoms with Gasteiger partial charge in [0.15, 0.2) is 5.82 Å². The van der Waals surface area contributed by atoms with Crippen LogP contribution in [0, 0.1) is 6.92 Å². The second-order valence-corrected chi connectivity index (χ2v) is 15.7. The van der Waals surface area contributed by atoms with Crippen LogP contribution in [0.4, 0.5) is 0 Å². The summed E-state index contributed by atoms with van der Waals surface area (Å²) in [5.74, 6) is 3.86. The van der Waals surface area contributed by atoms with Crippen LogP contribution in [0.5, 0.6) is 11.5 Å². The van der Waals surface area contributed by atoms with Gasteiger partial charge in [0.05, 0.1) is 13.2 Å². The van der Waals surface area contributed by atoms with E-state index in [0.29, 0.717) is 30.6 Å². The fourth-order valence-electron chi connectivity index (χ4n) is 4.99. The number of Topliss-reactive ketones (excluding diaryl/α,β-unsaturated/α-hetero) is 1. The largest absolute Gasteiger partial charge is 0.493 e. The van der Waals surface area contributed by atoms with E-state index in [4.69, 9.17) is 24.3 Å². The van der Waals surface area contributed by atoms with Crippen LogP contribution in [0.15, 0.2) is 54.4 Å². The van der Waals surface area contributed by atoms with E-state index in [1.54, 1.807) is 0 Å². The van der Waals surface area contributed by atoms with Gasteiger partial charge in [-0.15, -0.1) is 0 Å². The quantitative estimate of drug-likeness (QED) is 0.199. The number of aromatic nitrogens is 4. The summed E-state index contributed by atoms with van der Waals surface area (Å²) in [6.07, 6.45) is 4.23. The molecule has 10 nitrogen and oxygen atoms in total. The molecule has 4 heterocycles. The lowest BCUT2D eigenvalue weighted by atomic mass is 9.89. The number of halogens is 2. The maximum Gasteiger partial charge on any atom is 0.238 e.